The molecule has 0 radical (unpaired) electrons. The van der Waals surface area contributed by atoms with E-state index in [2.05, 4.69) is 5.32 Å². The summed E-state index contributed by atoms with van der Waals surface area (Å²) in [5.74, 6) is 0.292. The molecule has 0 aliphatic carbocycles. The van der Waals surface area contributed by atoms with Crippen LogP contribution in [0.4, 0.5) is 5.69 Å². The third-order valence-electron chi connectivity index (χ3n) is 4.54. The lowest BCUT2D eigenvalue weighted by atomic mass is 10.1. The summed E-state index contributed by atoms with van der Waals surface area (Å²) in [7, 11) is 1.60. The molecule has 3 rings (SSSR count). The van der Waals surface area contributed by atoms with Crippen LogP contribution in [0.15, 0.2) is 54.6 Å². The Labute approximate surface area is 147 Å². The summed E-state index contributed by atoms with van der Waals surface area (Å²) >= 11 is 0. The van der Waals surface area contributed by atoms with E-state index in [4.69, 9.17) is 4.74 Å². The number of benzene rings is 2. The van der Waals surface area contributed by atoms with Crippen LogP contribution in [0.3, 0.4) is 0 Å². The molecule has 2 amide bonds. The molecular weight excluding hydrogens is 316 g/mol. The molecule has 130 valence electrons. The van der Waals surface area contributed by atoms with Gasteiger partial charge in [-0.05, 0) is 36.8 Å². The molecule has 5 nitrogen and oxygen atoms in total. The molecule has 0 aromatic heterocycles. The number of methoxy groups -OCH3 is 1. The third-order valence-corrected chi connectivity index (χ3v) is 4.54. The molecule has 1 aliphatic rings. The van der Waals surface area contributed by atoms with Gasteiger partial charge < -0.3 is 15.0 Å². The molecule has 1 aliphatic heterocycles. The van der Waals surface area contributed by atoms with Crippen molar-refractivity contribution in [1.82, 2.24) is 5.32 Å². The van der Waals surface area contributed by atoms with Gasteiger partial charge in [-0.1, -0.05) is 30.3 Å². The molecule has 2 aromatic carbocycles. The fraction of sp³-hybridized carbons (Fsp3) is 0.300. The fourth-order valence-corrected chi connectivity index (χ4v) is 3.05. The molecule has 2 atom stereocenters. The summed E-state index contributed by atoms with van der Waals surface area (Å²) in [5.41, 5.74) is 1.84. The van der Waals surface area contributed by atoms with E-state index < -0.39 is 0 Å². The number of carbonyl (C=O) groups is 2. The zero-order valence-corrected chi connectivity index (χ0v) is 14.4. The smallest absolute Gasteiger partial charge is 0.227 e. The van der Waals surface area contributed by atoms with E-state index in [1.165, 1.54) is 0 Å². The van der Waals surface area contributed by atoms with Gasteiger partial charge in [-0.25, -0.2) is 0 Å². The van der Waals surface area contributed by atoms with Crippen molar-refractivity contribution >= 4 is 17.5 Å². The first-order chi connectivity index (χ1) is 12.1. The fourth-order valence-electron chi connectivity index (χ4n) is 3.05. The Balaban J connectivity index is 1.64. The van der Waals surface area contributed by atoms with Crippen LogP contribution in [0.5, 0.6) is 5.75 Å². The van der Waals surface area contributed by atoms with Crippen LogP contribution in [0.25, 0.3) is 0 Å². The standard InChI is InChI=1S/C20H22N2O3/c1-14(15-6-4-3-5-7-15)21-20(24)16-12-19(23)22(13-16)17-8-10-18(25-2)11-9-17/h3-11,14,16H,12-13H2,1-2H3,(H,21,24)/t14-,16-/m0/s1. The van der Waals surface area contributed by atoms with E-state index in [0.717, 1.165) is 17.0 Å². The van der Waals surface area contributed by atoms with Crippen molar-refractivity contribution in [3.05, 3.63) is 60.2 Å². The normalized spacial score (nSPS) is 18.1. The highest BCUT2D eigenvalue weighted by Crippen LogP contribution is 2.27. The van der Waals surface area contributed by atoms with Gasteiger partial charge >= 0.3 is 0 Å². The first-order valence-corrected chi connectivity index (χ1v) is 8.38. The second kappa shape index (κ2) is 7.38. The first kappa shape index (κ1) is 17.0. The van der Waals surface area contributed by atoms with Crippen LogP contribution in [0.2, 0.25) is 0 Å². The van der Waals surface area contributed by atoms with Crippen LogP contribution in [0, 0.1) is 5.92 Å². The van der Waals surface area contributed by atoms with Gasteiger partial charge in [0.15, 0.2) is 0 Å². The van der Waals surface area contributed by atoms with Crippen molar-refractivity contribution in [2.24, 2.45) is 5.92 Å². The Kier molecular flexibility index (Phi) is 5.03. The summed E-state index contributed by atoms with van der Waals surface area (Å²) in [6.45, 7) is 2.35. The maximum Gasteiger partial charge on any atom is 0.227 e. The number of ether oxygens (including phenoxy) is 1. The van der Waals surface area contributed by atoms with Crippen molar-refractivity contribution in [3.8, 4) is 5.75 Å². The number of amides is 2. The van der Waals surface area contributed by atoms with Crippen molar-refractivity contribution in [3.63, 3.8) is 0 Å². The molecule has 1 fully saturated rings. The summed E-state index contributed by atoms with van der Waals surface area (Å²) in [6.07, 6.45) is 0.235. The number of rotatable bonds is 5. The lowest BCUT2D eigenvalue weighted by molar-refractivity contribution is -0.126. The van der Waals surface area contributed by atoms with Gasteiger partial charge in [-0.3, -0.25) is 9.59 Å². The molecule has 0 unspecified atom stereocenters. The van der Waals surface area contributed by atoms with Crippen molar-refractivity contribution in [2.75, 3.05) is 18.6 Å². The number of hydrogen-bond donors (Lipinski definition) is 1. The molecule has 5 heteroatoms. The molecule has 1 N–H and O–H groups in total. The molecular formula is C20H22N2O3. The van der Waals surface area contributed by atoms with Crippen molar-refractivity contribution in [1.29, 1.82) is 0 Å². The van der Waals surface area contributed by atoms with Gasteiger partial charge in [0.2, 0.25) is 11.8 Å². The maximum absolute atomic E-state index is 12.5. The summed E-state index contributed by atoms with van der Waals surface area (Å²) in [4.78, 5) is 26.5. The topological polar surface area (TPSA) is 58.6 Å². The van der Waals surface area contributed by atoms with Crippen LogP contribution < -0.4 is 15.0 Å². The minimum Gasteiger partial charge on any atom is -0.497 e. The lowest BCUT2D eigenvalue weighted by Gasteiger charge is -2.19. The van der Waals surface area contributed by atoms with Crippen molar-refractivity contribution < 1.29 is 14.3 Å². The third kappa shape index (κ3) is 3.82. The quantitative estimate of drug-likeness (QED) is 0.912. The second-order valence-corrected chi connectivity index (χ2v) is 6.24. The minimum atomic E-state index is -0.333. The molecule has 0 bridgehead atoms. The zero-order chi connectivity index (χ0) is 17.8. The summed E-state index contributed by atoms with van der Waals surface area (Å²) < 4.78 is 5.14. The average Bonchev–Trinajstić information content (AvgIpc) is 3.04. The maximum atomic E-state index is 12.5. The van der Waals surface area contributed by atoms with Gasteiger partial charge in [-0.15, -0.1) is 0 Å². The highest BCUT2D eigenvalue weighted by molar-refractivity contribution is 6.00. The molecule has 1 heterocycles. The van der Waals surface area contributed by atoms with Gasteiger partial charge in [0.05, 0.1) is 19.1 Å². The van der Waals surface area contributed by atoms with E-state index in [9.17, 15) is 9.59 Å². The van der Waals surface area contributed by atoms with Gasteiger partial charge in [-0.2, -0.15) is 0 Å². The SMILES string of the molecule is COc1ccc(N2C[C@@H](C(=O)N[C@@H](C)c3ccccc3)CC2=O)cc1. The highest BCUT2D eigenvalue weighted by Gasteiger charge is 2.35. The minimum absolute atomic E-state index is 0.0299. The van der Waals surface area contributed by atoms with Crippen LogP contribution in [0.1, 0.15) is 24.9 Å². The Morgan fingerprint density at radius 3 is 2.48 bits per heavy atom. The zero-order valence-electron chi connectivity index (χ0n) is 14.4. The van der Waals surface area contributed by atoms with E-state index in [0.29, 0.717) is 6.54 Å². The van der Waals surface area contributed by atoms with E-state index in [1.54, 1.807) is 12.0 Å². The van der Waals surface area contributed by atoms with Gasteiger partial charge in [0, 0.05) is 18.7 Å². The van der Waals surface area contributed by atoms with Gasteiger partial charge in [0.1, 0.15) is 5.75 Å². The predicted molar refractivity (Wildman–Crippen MR) is 96.5 cm³/mol. The summed E-state index contributed by atoms with van der Waals surface area (Å²) in [5, 5.41) is 3.01. The highest BCUT2D eigenvalue weighted by atomic mass is 16.5. The number of nitrogens with zero attached hydrogens (tertiary/aromatic N) is 1. The predicted octanol–water partition coefficient (Wildman–Crippen LogP) is 2.93. The second-order valence-electron chi connectivity index (χ2n) is 6.24. The molecule has 1 saturated heterocycles. The van der Waals surface area contributed by atoms with Crippen LogP contribution in [-0.4, -0.2) is 25.5 Å². The van der Waals surface area contributed by atoms with Crippen LogP contribution >= 0.6 is 0 Å². The number of hydrogen-bond acceptors (Lipinski definition) is 3. The number of carbonyl (C=O) groups excluding carboxylic acids is 2. The molecule has 25 heavy (non-hydrogen) atoms. The largest absolute Gasteiger partial charge is 0.497 e. The Morgan fingerprint density at radius 1 is 1.16 bits per heavy atom. The number of anilines is 1. The molecule has 0 saturated carbocycles. The van der Waals surface area contributed by atoms with Gasteiger partial charge in [0.25, 0.3) is 0 Å². The van der Waals surface area contributed by atoms with E-state index >= 15 is 0 Å². The monoisotopic (exact) mass is 338 g/mol. The van der Waals surface area contributed by atoms with Crippen LogP contribution in [-0.2, 0) is 9.59 Å². The Hall–Kier alpha value is -2.82. The van der Waals surface area contributed by atoms with E-state index in [1.807, 2.05) is 61.5 Å². The average molecular weight is 338 g/mol. The molecule has 0 spiro atoms. The Bertz CT molecular complexity index is 743. The summed E-state index contributed by atoms with van der Waals surface area (Å²) in [6, 6.07) is 17.0. The Morgan fingerprint density at radius 2 is 1.84 bits per heavy atom. The van der Waals surface area contributed by atoms with E-state index in [-0.39, 0.29) is 30.2 Å². The molecule has 2 aromatic rings. The number of nitrogens with one attached hydrogen (secondary N) is 1. The first-order valence-electron chi connectivity index (χ1n) is 8.38. The lowest BCUT2D eigenvalue weighted by Crippen LogP contribution is -2.34. The van der Waals surface area contributed by atoms with Crippen molar-refractivity contribution in [2.45, 2.75) is 19.4 Å².